The third-order valence-electron chi connectivity index (χ3n) is 5.12. The maximum Gasteiger partial charge on any atom is 0.245 e. The molecule has 1 unspecified atom stereocenters. The highest BCUT2D eigenvalue weighted by Gasteiger charge is 2.45. The molecule has 140 valence electrons. The van der Waals surface area contributed by atoms with Crippen LogP contribution in [0.1, 0.15) is 19.3 Å². The molecule has 2 fully saturated rings. The summed E-state index contributed by atoms with van der Waals surface area (Å²) in [7, 11) is 1.44. The maximum absolute atomic E-state index is 13.6. The Bertz CT molecular complexity index is 713. The second-order valence-electron chi connectivity index (χ2n) is 6.79. The first-order valence-electron chi connectivity index (χ1n) is 8.65. The zero-order valence-corrected chi connectivity index (χ0v) is 14.8. The van der Waals surface area contributed by atoms with Gasteiger partial charge in [-0.2, -0.15) is 0 Å². The number of piperidine rings is 1. The van der Waals surface area contributed by atoms with Crippen molar-refractivity contribution in [2.24, 2.45) is 5.92 Å². The summed E-state index contributed by atoms with van der Waals surface area (Å²) in [5.74, 6) is -0.700. The molecule has 1 N–H and O–H groups in total. The largest absolute Gasteiger partial charge is 0.497 e. The quantitative estimate of drug-likeness (QED) is 0.835. The van der Waals surface area contributed by atoms with Gasteiger partial charge in [0.05, 0.1) is 25.2 Å². The second kappa shape index (κ2) is 7.45. The summed E-state index contributed by atoms with van der Waals surface area (Å²) in [5.41, 5.74) is -0.00115. The van der Waals surface area contributed by atoms with Gasteiger partial charge in [0.1, 0.15) is 11.6 Å². The van der Waals surface area contributed by atoms with E-state index in [2.05, 4.69) is 11.9 Å². The van der Waals surface area contributed by atoms with Gasteiger partial charge in [0.25, 0.3) is 0 Å². The third-order valence-corrected chi connectivity index (χ3v) is 5.12. The van der Waals surface area contributed by atoms with E-state index in [4.69, 9.17) is 9.47 Å². The smallest absolute Gasteiger partial charge is 0.245 e. The van der Waals surface area contributed by atoms with Crippen molar-refractivity contribution in [2.75, 3.05) is 32.1 Å². The maximum atomic E-state index is 13.6. The molecule has 2 saturated heterocycles. The van der Waals surface area contributed by atoms with Crippen molar-refractivity contribution in [1.82, 2.24) is 4.90 Å². The van der Waals surface area contributed by atoms with Gasteiger partial charge in [0.15, 0.2) is 0 Å². The molecule has 2 aliphatic rings. The number of nitrogens with zero attached hydrogens (tertiary/aromatic N) is 1. The van der Waals surface area contributed by atoms with Gasteiger partial charge in [-0.15, -0.1) is 0 Å². The van der Waals surface area contributed by atoms with Crippen LogP contribution in [0.25, 0.3) is 0 Å². The normalized spacial score (nSPS) is 21.5. The molecule has 0 aliphatic carbocycles. The first-order chi connectivity index (χ1) is 12.4. The van der Waals surface area contributed by atoms with Crippen LogP contribution in [0.15, 0.2) is 30.9 Å². The van der Waals surface area contributed by atoms with E-state index in [1.807, 2.05) is 0 Å². The first kappa shape index (κ1) is 18.4. The number of nitrogens with one attached hydrogen (secondary N) is 1. The predicted octanol–water partition coefficient (Wildman–Crippen LogP) is 2.36. The molecule has 6 nitrogen and oxygen atoms in total. The molecule has 0 aromatic heterocycles. The molecule has 1 atom stereocenters. The number of methoxy groups -OCH3 is 1. The van der Waals surface area contributed by atoms with Crippen LogP contribution in [-0.4, -0.2) is 49.1 Å². The van der Waals surface area contributed by atoms with Crippen LogP contribution < -0.4 is 10.1 Å². The molecular weight excluding hydrogens is 339 g/mol. The average Bonchev–Trinajstić information content (AvgIpc) is 3.05. The molecule has 7 heteroatoms. The van der Waals surface area contributed by atoms with Gasteiger partial charge in [-0.1, -0.05) is 6.58 Å². The van der Waals surface area contributed by atoms with Crippen molar-refractivity contribution in [3.05, 3.63) is 36.7 Å². The highest BCUT2D eigenvalue weighted by molar-refractivity contribution is 5.93. The molecule has 26 heavy (non-hydrogen) atoms. The van der Waals surface area contributed by atoms with E-state index >= 15 is 0 Å². The zero-order chi connectivity index (χ0) is 18.7. The molecule has 1 aromatic rings. The van der Waals surface area contributed by atoms with Crippen molar-refractivity contribution >= 4 is 17.5 Å². The van der Waals surface area contributed by atoms with Crippen LogP contribution in [0.5, 0.6) is 5.75 Å². The minimum absolute atomic E-state index is 0.0767. The Balaban J connectivity index is 1.59. The molecule has 2 heterocycles. The van der Waals surface area contributed by atoms with E-state index in [1.165, 1.54) is 25.3 Å². The van der Waals surface area contributed by atoms with E-state index in [0.29, 0.717) is 50.4 Å². The number of carbonyl (C=O) groups excluding carboxylic acids is 2. The summed E-state index contributed by atoms with van der Waals surface area (Å²) in [6, 6.07) is 4.08. The number of halogens is 1. The van der Waals surface area contributed by atoms with Crippen molar-refractivity contribution in [3.63, 3.8) is 0 Å². The Hall–Kier alpha value is -2.41. The van der Waals surface area contributed by atoms with E-state index in [1.54, 1.807) is 11.0 Å². The monoisotopic (exact) mass is 362 g/mol. The molecule has 2 aliphatic heterocycles. The molecule has 0 saturated carbocycles. The number of hydrogen-bond acceptors (Lipinski definition) is 4. The lowest BCUT2D eigenvalue weighted by Gasteiger charge is -2.38. The van der Waals surface area contributed by atoms with Gasteiger partial charge in [0, 0.05) is 30.9 Å². The van der Waals surface area contributed by atoms with Gasteiger partial charge in [-0.25, -0.2) is 4.39 Å². The minimum atomic E-state index is -0.474. The van der Waals surface area contributed by atoms with Crippen LogP contribution in [0.4, 0.5) is 10.1 Å². The summed E-state index contributed by atoms with van der Waals surface area (Å²) < 4.78 is 24.5. The topological polar surface area (TPSA) is 67.9 Å². The number of carbonyl (C=O) groups is 2. The summed E-state index contributed by atoms with van der Waals surface area (Å²) in [5, 5.41) is 2.74. The van der Waals surface area contributed by atoms with E-state index in [-0.39, 0.29) is 23.3 Å². The second-order valence-corrected chi connectivity index (χ2v) is 6.79. The van der Waals surface area contributed by atoms with Crippen LogP contribution in [0.2, 0.25) is 0 Å². The first-order valence-corrected chi connectivity index (χ1v) is 8.65. The van der Waals surface area contributed by atoms with Gasteiger partial charge in [-0.05, 0) is 31.4 Å². The van der Waals surface area contributed by atoms with Crippen molar-refractivity contribution in [2.45, 2.75) is 24.9 Å². The fourth-order valence-corrected chi connectivity index (χ4v) is 3.62. The average molecular weight is 362 g/mol. The zero-order valence-electron chi connectivity index (χ0n) is 14.8. The SMILES string of the molecule is C=CC(=O)N1CCC2(CC1)CC(C(=O)Nc1cc(F)cc(OC)c1)CO2. The Labute approximate surface area is 151 Å². The van der Waals surface area contributed by atoms with E-state index in [9.17, 15) is 14.0 Å². The molecule has 2 amide bonds. The molecule has 1 aromatic carbocycles. The van der Waals surface area contributed by atoms with Crippen molar-refractivity contribution in [3.8, 4) is 5.75 Å². The Kier molecular flexibility index (Phi) is 5.27. The standard InChI is InChI=1S/C19H23FN2O4/c1-3-17(23)22-6-4-19(5-7-22)11-13(12-26-19)18(24)21-15-8-14(20)9-16(10-15)25-2/h3,8-10,13H,1,4-7,11-12H2,2H3,(H,21,24). The Morgan fingerprint density at radius 1 is 1.38 bits per heavy atom. The number of likely N-dealkylation sites (tertiary alicyclic amines) is 1. The summed E-state index contributed by atoms with van der Waals surface area (Å²) in [4.78, 5) is 26.0. The molecule has 3 rings (SSSR count). The van der Waals surface area contributed by atoms with Gasteiger partial charge in [-0.3, -0.25) is 9.59 Å². The molecule has 0 radical (unpaired) electrons. The van der Waals surface area contributed by atoms with Crippen molar-refractivity contribution in [1.29, 1.82) is 0 Å². The lowest BCUT2D eigenvalue weighted by atomic mass is 9.85. The van der Waals surface area contributed by atoms with Crippen molar-refractivity contribution < 1.29 is 23.5 Å². The lowest BCUT2D eigenvalue weighted by molar-refractivity contribution is -0.130. The predicted molar refractivity (Wildman–Crippen MR) is 94.4 cm³/mol. The van der Waals surface area contributed by atoms with Crippen LogP contribution >= 0.6 is 0 Å². The number of rotatable bonds is 4. The lowest BCUT2D eigenvalue weighted by Crippen LogP contribution is -2.46. The highest BCUT2D eigenvalue weighted by atomic mass is 19.1. The summed E-state index contributed by atoms with van der Waals surface area (Å²) in [6.07, 6.45) is 3.31. The summed E-state index contributed by atoms with van der Waals surface area (Å²) >= 11 is 0. The minimum Gasteiger partial charge on any atom is -0.497 e. The third kappa shape index (κ3) is 3.88. The fourth-order valence-electron chi connectivity index (χ4n) is 3.62. The van der Waals surface area contributed by atoms with Gasteiger partial charge in [0.2, 0.25) is 11.8 Å². The van der Waals surface area contributed by atoms with Crippen LogP contribution in [0, 0.1) is 11.7 Å². The Morgan fingerprint density at radius 2 is 2.12 bits per heavy atom. The number of anilines is 1. The van der Waals surface area contributed by atoms with Crippen LogP contribution in [-0.2, 0) is 14.3 Å². The Morgan fingerprint density at radius 3 is 2.77 bits per heavy atom. The van der Waals surface area contributed by atoms with E-state index in [0.717, 1.165) is 0 Å². The highest BCUT2D eigenvalue weighted by Crippen LogP contribution is 2.39. The molecular formula is C19H23FN2O4. The molecule has 1 spiro atoms. The number of hydrogen-bond donors (Lipinski definition) is 1. The molecule has 0 bridgehead atoms. The summed E-state index contributed by atoms with van der Waals surface area (Å²) in [6.45, 7) is 5.03. The van der Waals surface area contributed by atoms with Crippen LogP contribution in [0.3, 0.4) is 0 Å². The van der Waals surface area contributed by atoms with Gasteiger partial charge >= 0.3 is 0 Å². The van der Waals surface area contributed by atoms with Gasteiger partial charge < -0.3 is 19.7 Å². The number of amides is 2. The number of benzene rings is 1. The fraction of sp³-hybridized carbons (Fsp3) is 0.474. The number of ether oxygens (including phenoxy) is 2. The van der Waals surface area contributed by atoms with E-state index < -0.39 is 5.82 Å².